The molecule has 1 aromatic rings. The van der Waals surface area contributed by atoms with Crippen molar-refractivity contribution in [2.24, 2.45) is 5.92 Å². The molecule has 1 aliphatic rings. The Labute approximate surface area is 103 Å². The third-order valence-electron chi connectivity index (χ3n) is 3.15. The zero-order valence-electron chi connectivity index (χ0n) is 10.3. The zero-order valence-corrected chi connectivity index (χ0v) is 10.3. The minimum Gasteiger partial charge on any atom is -0.371 e. The first kappa shape index (κ1) is 11.9. The van der Waals surface area contributed by atoms with E-state index in [0.717, 1.165) is 38.2 Å². The van der Waals surface area contributed by atoms with Crippen molar-refractivity contribution in [3.63, 3.8) is 0 Å². The third kappa shape index (κ3) is 3.21. The molecule has 1 heterocycles. The molecule has 1 atom stereocenters. The lowest BCUT2D eigenvalue weighted by molar-refractivity contribution is 0.468. The smallest absolute Gasteiger partial charge is 0.0992 e. The Balaban J connectivity index is 2.15. The van der Waals surface area contributed by atoms with Crippen LogP contribution in [0.2, 0.25) is 0 Å². The average molecular weight is 229 g/mol. The topological polar surface area (TPSA) is 39.1 Å². The third-order valence-corrected chi connectivity index (χ3v) is 3.15. The van der Waals surface area contributed by atoms with Crippen molar-refractivity contribution in [1.82, 2.24) is 5.32 Å². The van der Waals surface area contributed by atoms with E-state index >= 15 is 0 Å². The first-order chi connectivity index (χ1) is 8.29. The summed E-state index contributed by atoms with van der Waals surface area (Å²) in [7, 11) is 0. The van der Waals surface area contributed by atoms with Crippen molar-refractivity contribution in [2.75, 3.05) is 31.1 Å². The van der Waals surface area contributed by atoms with Crippen molar-refractivity contribution >= 4 is 5.69 Å². The van der Waals surface area contributed by atoms with Gasteiger partial charge in [-0.3, -0.25) is 0 Å². The first-order valence-electron chi connectivity index (χ1n) is 6.25. The van der Waals surface area contributed by atoms with Gasteiger partial charge in [-0.15, -0.1) is 0 Å². The van der Waals surface area contributed by atoms with Gasteiger partial charge in [-0.25, -0.2) is 0 Å². The van der Waals surface area contributed by atoms with Gasteiger partial charge in [0, 0.05) is 18.8 Å². The second kappa shape index (κ2) is 5.70. The summed E-state index contributed by atoms with van der Waals surface area (Å²) >= 11 is 0. The van der Waals surface area contributed by atoms with E-state index in [0.29, 0.717) is 5.92 Å². The monoisotopic (exact) mass is 229 g/mol. The van der Waals surface area contributed by atoms with Gasteiger partial charge in [0.15, 0.2) is 0 Å². The van der Waals surface area contributed by atoms with Crippen LogP contribution in [0, 0.1) is 17.2 Å². The predicted octanol–water partition coefficient (Wildman–Crippen LogP) is 1.99. The van der Waals surface area contributed by atoms with Gasteiger partial charge in [0.25, 0.3) is 0 Å². The molecule has 0 radical (unpaired) electrons. The van der Waals surface area contributed by atoms with E-state index in [2.05, 4.69) is 29.3 Å². The second-order valence-corrected chi connectivity index (χ2v) is 4.77. The fourth-order valence-electron chi connectivity index (χ4n) is 2.28. The standard InChI is InChI=1S/C14H19N3/c1-12-10-16-6-3-7-17(11-12)14-5-2-4-13(8-14)9-15/h2,4-5,8,12,16H,3,6-7,10-11H2,1H3. The maximum absolute atomic E-state index is 8.93. The lowest BCUT2D eigenvalue weighted by Crippen LogP contribution is -2.38. The maximum atomic E-state index is 8.93. The van der Waals surface area contributed by atoms with E-state index in [-0.39, 0.29) is 0 Å². The summed E-state index contributed by atoms with van der Waals surface area (Å²) in [5, 5.41) is 12.4. The summed E-state index contributed by atoms with van der Waals surface area (Å²) in [6, 6.07) is 10.1. The number of anilines is 1. The van der Waals surface area contributed by atoms with Crippen LogP contribution < -0.4 is 10.2 Å². The molecule has 1 unspecified atom stereocenters. The molecule has 17 heavy (non-hydrogen) atoms. The Hall–Kier alpha value is -1.53. The van der Waals surface area contributed by atoms with Gasteiger partial charge < -0.3 is 10.2 Å². The number of nitrogens with one attached hydrogen (secondary N) is 1. The summed E-state index contributed by atoms with van der Waals surface area (Å²) in [5.74, 6) is 0.640. The summed E-state index contributed by atoms with van der Waals surface area (Å²) in [6.45, 7) is 6.54. The van der Waals surface area contributed by atoms with E-state index in [9.17, 15) is 0 Å². The molecule has 0 spiro atoms. The maximum Gasteiger partial charge on any atom is 0.0992 e. The highest BCUT2D eigenvalue weighted by atomic mass is 15.1. The Bertz CT molecular complexity index is 408. The molecule has 0 amide bonds. The number of rotatable bonds is 1. The van der Waals surface area contributed by atoms with Crippen molar-refractivity contribution in [3.05, 3.63) is 29.8 Å². The Morgan fingerprint density at radius 2 is 2.35 bits per heavy atom. The highest BCUT2D eigenvalue weighted by Crippen LogP contribution is 2.18. The number of nitrogens with zero attached hydrogens (tertiary/aromatic N) is 2. The van der Waals surface area contributed by atoms with Crippen LogP contribution in [0.15, 0.2) is 24.3 Å². The van der Waals surface area contributed by atoms with E-state index in [1.54, 1.807) is 0 Å². The molecular formula is C14H19N3. The molecule has 0 bridgehead atoms. The summed E-state index contributed by atoms with van der Waals surface area (Å²) in [6.07, 6.45) is 1.16. The number of hydrogen-bond donors (Lipinski definition) is 1. The minimum atomic E-state index is 0.640. The molecule has 1 saturated heterocycles. The van der Waals surface area contributed by atoms with Crippen LogP contribution in [-0.4, -0.2) is 26.2 Å². The van der Waals surface area contributed by atoms with Crippen LogP contribution in [0.25, 0.3) is 0 Å². The number of benzene rings is 1. The van der Waals surface area contributed by atoms with Crippen molar-refractivity contribution < 1.29 is 0 Å². The van der Waals surface area contributed by atoms with E-state index in [4.69, 9.17) is 5.26 Å². The molecule has 0 aliphatic carbocycles. The Morgan fingerprint density at radius 3 is 3.18 bits per heavy atom. The van der Waals surface area contributed by atoms with E-state index in [1.807, 2.05) is 18.2 Å². The molecule has 2 rings (SSSR count). The van der Waals surface area contributed by atoms with Gasteiger partial charge in [0.2, 0.25) is 0 Å². The number of hydrogen-bond acceptors (Lipinski definition) is 3. The van der Waals surface area contributed by atoms with Crippen molar-refractivity contribution in [1.29, 1.82) is 5.26 Å². The SMILES string of the molecule is CC1CNCCCN(c2cccc(C#N)c2)C1. The molecule has 90 valence electrons. The lowest BCUT2D eigenvalue weighted by Gasteiger charge is -2.30. The minimum absolute atomic E-state index is 0.640. The van der Waals surface area contributed by atoms with Crippen LogP contribution >= 0.6 is 0 Å². The van der Waals surface area contributed by atoms with Gasteiger partial charge in [0.1, 0.15) is 0 Å². The van der Waals surface area contributed by atoms with Crippen molar-refractivity contribution in [2.45, 2.75) is 13.3 Å². The number of nitriles is 1. The van der Waals surface area contributed by atoms with E-state index < -0.39 is 0 Å². The van der Waals surface area contributed by atoms with Crippen LogP contribution in [0.3, 0.4) is 0 Å². The van der Waals surface area contributed by atoms with Gasteiger partial charge in [-0.1, -0.05) is 13.0 Å². The quantitative estimate of drug-likeness (QED) is 0.800. The highest BCUT2D eigenvalue weighted by Gasteiger charge is 2.13. The van der Waals surface area contributed by atoms with Crippen molar-refractivity contribution in [3.8, 4) is 6.07 Å². The second-order valence-electron chi connectivity index (χ2n) is 4.77. The van der Waals surface area contributed by atoms with Gasteiger partial charge >= 0.3 is 0 Å². The molecule has 3 heteroatoms. The normalized spacial score (nSPS) is 21.4. The van der Waals surface area contributed by atoms with Crippen LogP contribution in [0.1, 0.15) is 18.9 Å². The molecule has 1 N–H and O–H groups in total. The first-order valence-corrected chi connectivity index (χ1v) is 6.25. The predicted molar refractivity (Wildman–Crippen MR) is 70.0 cm³/mol. The lowest BCUT2D eigenvalue weighted by atomic mass is 10.1. The fraction of sp³-hybridized carbons (Fsp3) is 0.500. The average Bonchev–Trinajstić information content (AvgIpc) is 2.33. The summed E-state index contributed by atoms with van der Waals surface area (Å²) in [5.41, 5.74) is 1.92. The Morgan fingerprint density at radius 1 is 1.47 bits per heavy atom. The Kier molecular flexibility index (Phi) is 4.00. The molecule has 1 aliphatic heterocycles. The fourth-order valence-corrected chi connectivity index (χ4v) is 2.28. The van der Waals surface area contributed by atoms with Gasteiger partial charge in [-0.05, 0) is 43.6 Å². The summed E-state index contributed by atoms with van der Waals surface area (Å²) < 4.78 is 0. The molecule has 3 nitrogen and oxygen atoms in total. The van der Waals surface area contributed by atoms with E-state index in [1.165, 1.54) is 5.69 Å². The zero-order chi connectivity index (χ0) is 12.1. The van der Waals surface area contributed by atoms with Gasteiger partial charge in [-0.2, -0.15) is 5.26 Å². The van der Waals surface area contributed by atoms with Crippen LogP contribution in [-0.2, 0) is 0 Å². The summed E-state index contributed by atoms with van der Waals surface area (Å²) in [4.78, 5) is 2.40. The largest absolute Gasteiger partial charge is 0.371 e. The van der Waals surface area contributed by atoms with Gasteiger partial charge in [0.05, 0.1) is 11.6 Å². The highest BCUT2D eigenvalue weighted by molar-refractivity contribution is 5.51. The molecule has 0 saturated carbocycles. The molecule has 0 aromatic heterocycles. The molecular weight excluding hydrogens is 210 g/mol. The van der Waals surface area contributed by atoms with Crippen LogP contribution in [0.4, 0.5) is 5.69 Å². The molecule has 1 aromatic carbocycles. The van der Waals surface area contributed by atoms with Crippen LogP contribution in [0.5, 0.6) is 0 Å². The molecule has 1 fully saturated rings.